The van der Waals surface area contributed by atoms with Crippen molar-refractivity contribution < 1.29 is 30.3 Å². The van der Waals surface area contributed by atoms with Crippen LogP contribution in [0.2, 0.25) is 0 Å². The predicted octanol–water partition coefficient (Wildman–Crippen LogP) is 2.57. The molecule has 0 bridgehead atoms. The van der Waals surface area contributed by atoms with E-state index in [1.54, 1.807) is 60.7 Å². The standard InChI is InChI=1S/C20H20O6/c21-18-12-11-16(26-20(23)15-9-5-2-6-10-15)17(25-18)13-24-19(22)14-7-3-1-4-8-14/h1-10,16-18,21H,11-13H2/t16-,17+,18+/m0/s1/i12D/t12-,16-,17+,18+. The predicted molar refractivity (Wildman–Crippen MR) is 92.5 cm³/mol. The Morgan fingerprint density at radius 2 is 1.62 bits per heavy atom. The number of benzene rings is 2. The lowest BCUT2D eigenvalue weighted by molar-refractivity contribution is -0.208. The fraction of sp³-hybridized carbons (Fsp3) is 0.300. The second-order valence-corrected chi connectivity index (χ2v) is 5.81. The molecule has 1 aliphatic heterocycles. The molecule has 6 heteroatoms. The zero-order valence-corrected chi connectivity index (χ0v) is 14.0. The molecule has 0 aliphatic carbocycles. The van der Waals surface area contributed by atoms with Crippen LogP contribution in [0.1, 0.15) is 34.9 Å². The van der Waals surface area contributed by atoms with Crippen molar-refractivity contribution in [2.45, 2.75) is 31.3 Å². The highest BCUT2D eigenvalue weighted by Crippen LogP contribution is 2.23. The number of carbonyl (C=O) groups excluding carboxylic acids is 2. The van der Waals surface area contributed by atoms with E-state index in [9.17, 15) is 14.7 Å². The van der Waals surface area contributed by atoms with Crippen molar-refractivity contribution in [3.63, 3.8) is 0 Å². The van der Waals surface area contributed by atoms with Crippen LogP contribution in [0.4, 0.5) is 0 Å². The molecule has 0 radical (unpaired) electrons. The molecule has 0 aromatic heterocycles. The van der Waals surface area contributed by atoms with Gasteiger partial charge >= 0.3 is 11.9 Å². The first kappa shape index (κ1) is 16.8. The Morgan fingerprint density at radius 3 is 2.23 bits per heavy atom. The number of hydrogen-bond donors (Lipinski definition) is 1. The van der Waals surface area contributed by atoms with Crippen molar-refractivity contribution in [3.05, 3.63) is 71.8 Å². The third kappa shape index (κ3) is 4.68. The van der Waals surface area contributed by atoms with Crippen molar-refractivity contribution in [2.75, 3.05) is 6.61 Å². The fourth-order valence-electron chi connectivity index (χ4n) is 2.59. The monoisotopic (exact) mass is 357 g/mol. The van der Waals surface area contributed by atoms with Gasteiger partial charge in [0, 0.05) is 7.77 Å². The van der Waals surface area contributed by atoms with E-state index in [1.165, 1.54) is 0 Å². The number of esters is 2. The molecule has 1 heterocycles. The summed E-state index contributed by atoms with van der Waals surface area (Å²) in [5, 5.41) is 9.81. The van der Waals surface area contributed by atoms with Crippen molar-refractivity contribution >= 4 is 11.9 Å². The molecule has 136 valence electrons. The summed E-state index contributed by atoms with van der Waals surface area (Å²) >= 11 is 0. The Morgan fingerprint density at radius 1 is 1.04 bits per heavy atom. The van der Waals surface area contributed by atoms with E-state index in [0.29, 0.717) is 11.1 Å². The van der Waals surface area contributed by atoms with Crippen molar-refractivity contribution in [1.29, 1.82) is 0 Å². The Hall–Kier alpha value is -2.70. The van der Waals surface area contributed by atoms with Gasteiger partial charge in [-0.1, -0.05) is 36.4 Å². The third-order valence-corrected chi connectivity index (χ3v) is 3.96. The lowest BCUT2D eigenvalue weighted by Crippen LogP contribution is -2.44. The quantitative estimate of drug-likeness (QED) is 0.828. The minimum atomic E-state index is -1.34. The highest BCUT2D eigenvalue weighted by Gasteiger charge is 2.34. The summed E-state index contributed by atoms with van der Waals surface area (Å²) in [5.41, 5.74) is 0.746. The van der Waals surface area contributed by atoms with Crippen LogP contribution in [0.3, 0.4) is 0 Å². The number of aliphatic hydroxyl groups excluding tert-OH is 1. The highest BCUT2D eigenvalue weighted by molar-refractivity contribution is 5.90. The summed E-state index contributed by atoms with van der Waals surface area (Å²) in [7, 11) is 0. The summed E-state index contributed by atoms with van der Waals surface area (Å²) < 4.78 is 23.9. The zero-order chi connectivity index (χ0) is 19.2. The summed E-state index contributed by atoms with van der Waals surface area (Å²) in [4.78, 5) is 24.4. The molecule has 6 nitrogen and oxygen atoms in total. The number of carbonyl (C=O) groups is 2. The van der Waals surface area contributed by atoms with Crippen LogP contribution in [0, 0.1) is 0 Å². The molecular weight excluding hydrogens is 336 g/mol. The van der Waals surface area contributed by atoms with Gasteiger partial charge in [0.2, 0.25) is 0 Å². The van der Waals surface area contributed by atoms with Crippen LogP contribution in [-0.2, 0) is 14.2 Å². The molecule has 0 unspecified atom stereocenters. The van der Waals surface area contributed by atoms with Gasteiger partial charge in [-0.2, -0.15) is 0 Å². The lowest BCUT2D eigenvalue weighted by Gasteiger charge is -2.33. The normalized spacial score (nSPS) is 25.8. The number of rotatable bonds is 5. The topological polar surface area (TPSA) is 82.1 Å². The molecular formula is C20H20O6. The first-order valence-corrected chi connectivity index (χ1v) is 8.28. The number of aliphatic hydroxyl groups is 1. The number of hydrogen-bond acceptors (Lipinski definition) is 6. The maximum absolute atomic E-state index is 12.3. The fourth-order valence-corrected chi connectivity index (χ4v) is 2.59. The van der Waals surface area contributed by atoms with Gasteiger partial charge in [-0.25, -0.2) is 9.59 Å². The Labute approximate surface area is 152 Å². The van der Waals surface area contributed by atoms with Crippen LogP contribution in [0.25, 0.3) is 0 Å². The molecule has 0 saturated carbocycles. The van der Waals surface area contributed by atoms with Gasteiger partial charge in [0.05, 0.1) is 11.1 Å². The Bertz CT molecular complexity index is 767. The molecule has 1 N–H and O–H groups in total. The Kier molecular flexibility index (Phi) is 5.54. The average molecular weight is 357 g/mol. The zero-order valence-electron chi connectivity index (χ0n) is 15.0. The minimum Gasteiger partial charge on any atom is -0.459 e. The average Bonchev–Trinajstić information content (AvgIpc) is 2.70. The van der Waals surface area contributed by atoms with Gasteiger partial charge < -0.3 is 19.3 Å². The van der Waals surface area contributed by atoms with Gasteiger partial charge in [0.1, 0.15) is 18.8 Å². The molecule has 26 heavy (non-hydrogen) atoms. The second-order valence-electron chi connectivity index (χ2n) is 5.81. The van der Waals surface area contributed by atoms with Crippen LogP contribution < -0.4 is 0 Å². The van der Waals surface area contributed by atoms with Crippen molar-refractivity contribution in [2.24, 2.45) is 0 Å². The van der Waals surface area contributed by atoms with Crippen LogP contribution in [-0.4, -0.2) is 42.1 Å². The van der Waals surface area contributed by atoms with Gasteiger partial charge in [0.25, 0.3) is 0 Å². The van der Waals surface area contributed by atoms with Gasteiger partial charge in [-0.15, -0.1) is 0 Å². The maximum Gasteiger partial charge on any atom is 0.338 e. The number of ether oxygens (including phenoxy) is 3. The smallest absolute Gasteiger partial charge is 0.338 e. The van der Waals surface area contributed by atoms with E-state index in [2.05, 4.69) is 0 Å². The van der Waals surface area contributed by atoms with E-state index in [-0.39, 0.29) is 13.0 Å². The molecule has 0 spiro atoms. The molecule has 0 amide bonds. The molecule has 1 fully saturated rings. The van der Waals surface area contributed by atoms with Crippen LogP contribution >= 0.6 is 0 Å². The maximum atomic E-state index is 12.3. The van der Waals surface area contributed by atoms with E-state index < -0.39 is 36.8 Å². The first-order chi connectivity index (χ1) is 13.0. The molecule has 2 aromatic carbocycles. The van der Waals surface area contributed by atoms with Crippen LogP contribution in [0.15, 0.2) is 60.7 Å². The Balaban J connectivity index is 1.65. The third-order valence-electron chi connectivity index (χ3n) is 3.96. The minimum absolute atomic E-state index is 0.0767. The second kappa shape index (κ2) is 8.60. The van der Waals surface area contributed by atoms with Gasteiger partial charge in [0.15, 0.2) is 6.29 Å². The highest BCUT2D eigenvalue weighted by atomic mass is 16.6. The summed E-state index contributed by atoms with van der Waals surface area (Å²) in [6.07, 6.45) is -3.89. The molecule has 4 atom stereocenters. The molecule has 1 saturated heterocycles. The van der Waals surface area contributed by atoms with Gasteiger partial charge in [-0.3, -0.25) is 0 Å². The van der Waals surface area contributed by atoms with E-state index in [0.717, 1.165) is 0 Å². The first-order valence-electron chi connectivity index (χ1n) is 8.86. The molecule has 1 aliphatic rings. The van der Waals surface area contributed by atoms with Gasteiger partial charge in [-0.05, 0) is 30.7 Å². The van der Waals surface area contributed by atoms with E-state index in [1.807, 2.05) is 0 Å². The summed E-state index contributed by atoms with van der Waals surface area (Å²) in [6, 6.07) is 16.9. The van der Waals surface area contributed by atoms with E-state index >= 15 is 0 Å². The summed E-state index contributed by atoms with van der Waals surface area (Å²) in [6.45, 7) is -0.204. The van der Waals surface area contributed by atoms with Crippen molar-refractivity contribution in [1.82, 2.24) is 0 Å². The van der Waals surface area contributed by atoms with Crippen molar-refractivity contribution in [3.8, 4) is 0 Å². The largest absolute Gasteiger partial charge is 0.459 e. The molecule has 3 rings (SSSR count). The van der Waals surface area contributed by atoms with Crippen LogP contribution in [0.5, 0.6) is 0 Å². The SMILES string of the molecule is [2H][C@H]1C[C@H](OC(=O)c2ccccc2)[C@@H](COC(=O)c2ccccc2)O[C@H]1O. The molecule has 2 aromatic rings. The summed E-state index contributed by atoms with van der Waals surface area (Å²) in [5.74, 6) is -1.11. The lowest BCUT2D eigenvalue weighted by atomic mass is 10.0. The van der Waals surface area contributed by atoms with E-state index in [4.69, 9.17) is 15.6 Å².